The molecule has 1 unspecified atom stereocenters. The first-order valence-electron chi connectivity index (χ1n) is 5.44. The van der Waals surface area contributed by atoms with Crippen molar-refractivity contribution in [1.82, 2.24) is 0 Å². The Labute approximate surface area is 99.2 Å². The maximum Gasteiger partial charge on any atom is 0.148 e. The number of Topliss-reactive ketones (excluding diaryl/α,β-unsaturated/α-hetero) is 1. The molecule has 0 radical (unpaired) electrons. The Morgan fingerprint density at radius 1 is 1.31 bits per heavy atom. The molecule has 0 bridgehead atoms. The summed E-state index contributed by atoms with van der Waals surface area (Å²) in [5.74, 6) is 0.126. The minimum Gasteiger partial charge on any atom is -0.298 e. The summed E-state index contributed by atoms with van der Waals surface area (Å²) < 4.78 is 33.2. The maximum absolute atomic E-state index is 11.6. The van der Waals surface area contributed by atoms with Crippen molar-refractivity contribution in [1.29, 1.82) is 0 Å². The van der Waals surface area contributed by atoms with Gasteiger partial charge in [0.1, 0.15) is 15.6 Å². The molecule has 0 spiro atoms. The van der Waals surface area contributed by atoms with E-state index in [0.29, 0.717) is 0 Å². The van der Waals surface area contributed by atoms with Gasteiger partial charge in [0.2, 0.25) is 0 Å². The fraction of sp³-hybridized carbons (Fsp3) is 0.900. The van der Waals surface area contributed by atoms with E-state index in [0.717, 1.165) is 31.9 Å². The average molecular weight is 266 g/mol. The second-order valence-electron chi connectivity index (χ2n) is 4.37. The number of carbonyl (C=O) groups is 1. The SMILES string of the molecule is CS(=O)(=O)CCS(=O)CC(=O)C1CCCC1. The Hall–Kier alpha value is -0.230. The van der Waals surface area contributed by atoms with Gasteiger partial charge in [0.25, 0.3) is 0 Å². The Kier molecular flexibility index (Phi) is 5.11. The first kappa shape index (κ1) is 13.8. The van der Waals surface area contributed by atoms with Crippen molar-refractivity contribution in [3.05, 3.63) is 0 Å². The summed E-state index contributed by atoms with van der Waals surface area (Å²) in [6.45, 7) is 0. The van der Waals surface area contributed by atoms with Crippen LogP contribution < -0.4 is 0 Å². The standard InChI is InChI=1S/C10H18O4S2/c1-16(13,14)7-6-15(12)8-10(11)9-4-2-3-5-9/h9H,2-8H2,1H3. The number of sulfone groups is 1. The Morgan fingerprint density at radius 3 is 2.38 bits per heavy atom. The van der Waals surface area contributed by atoms with Gasteiger partial charge in [-0.05, 0) is 12.8 Å². The van der Waals surface area contributed by atoms with Crippen LogP contribution in [0.15, 0.2) is 0 Å². The molecule has 94 valence electrons. The summed E-state index contributed by atoms with van der Waals surface area (Å²) in [6.07, 6.45) is 5.08. The van der Waals surface area contributed by atoms with Crippen LogP contribution in [0.5, 0.6) is 0 Å². The van der Waals surface area contributed by atoms with Crippen molar-refractivity contribution in [2.75, 3.05) is 23.5 Å². The molecule has 6 heteroatoms. The molecule has 0 aromatic rings. The van der Waals surface area contributed by atoms with E-state index in [4.69, 9.17) is 0 Å². The van der Waals surface area contributed by atoms with Crippen molar-refractivity contribution in [3.63, 3.8) is 0 Å². The topological polar surface area (TPSA) is 68.3 Å². The number of hydrogen-bond acceptors (Lipinski definition) is 4. The fourth-order valence-electron chi connectivity index (χ4n) is 1.84. The molecule has 0 aromatic heterocycles. The number of hydrogen-bond donors (Lipinski definition) is 0. The molecule has 0 N–H and O–H groups in total. The first-order chi connectivity index (χ1) is 7.38. The lowest BCUT2D eigenvalue weighted by atomic mass is 10.0. The van der Waals surface area contributed by atoms with Crippen LogP contribution in [0.2, 0.25) is 0 Å². The van der Waals surface area contributed by atoms with Gasteiger partial charge in [0.05, 0.1) is 11.5 Å². The second kappa shape index (κ2) is 5.91. The maximum atomic E-state index is 11.6. The molecule has 1 atom stereocenters. The van der Waals surface area contributed by atoms with Crippen LogP contribution in [-0.2, 0) is 25.4 Å². The second-order valence-corrected chi connectivity index (χ2v) is 8.20. The van der Waals surface area contributed by atoms with Gasteiger partial charge >= 0.3 is 0 Å². The van der Waals surface area contributed by atoms with Crippen LogP contribution in [0.4, 0.5) is 0 Å². The van der Waals surface area contributed by atoms with Gasteiger partial charge in [0.15, 0.2) is 0 Å². The predicted octanol–water partition coefficient (Wildman–Crippen LogP) is 0.539. The fourth-order valence-corrected chi connectivity index (χ4v) is 4.49. The molecular formula is C10H18O4S2. The zero-order valence-corrected chi connectivity index (χ0v) is 11.1. The Balaban J connectivity index is 2.31. The highest BCUT2D eigenvalue weighted by Gasteiger charge is 2.23. The summed E-state index contributed by atoms with van der Waals surface area (Å²) >= 11 is 0. The van der Waals surface area contributed by atoms with Gasteiger partial charge in [-0.2, -0.15) is 0 Å². The van der Waals surface area contributed by atoms with Crippen molar-refractivity contribution in [2.45, 2.75) is 25.7 Å². The van der Waals surface area contributed by atoms with E-state index in [9.17, 15) is 17.4 Å². The molecule has 0 aromatic carbocycles. The van der Waals surface area contributed by atoms with Gasteiger partial charge < -0.3 is 0 Å². The predicted molar refractivity (Wildman–Crippen MR) is 64.6 cm³/mol. The lowest BCUT2D eigenvalue weighted by Crippen LogP contribution is -2.22. The average Bonchev–Trinajstić information content (AvgIpc) is 2.66. The van der Waals surface area contributed by atoms with Crippen molar-refractivity contribution in [3.8, 4) is 0 Å². The van der Waals surface area contributed by atoms with Crippen LogP contribution in [0.1, 0.15) is 25.7 Å². The number of rotatable bonds is 6. The lowest BCUT2D eigenvalue weighted by molar-refractivity contribution is -0.120. The van der Waals surface area contributed by atoms with Crippen LogP contribution in [-0.4, -0.2) is 41.9 Å². The van der Waals surface area contributed by atoms with Gasteiger partial charge in [-0.3, -0.25) is 9.00 Å². The van der Waals surface area contributed by atoms with E-state index in [1.165, 1.54) is 0 Å². The van der Waals surface area contributed by atoms with E-state index < -0.39 is 20.6 Å². The lowest BCUT2D eigenvalue weighted by Gasteiger charge is -2.07. The summed E-state index contributed by atoms with van der Waals surface area (Å²) in [4.78, 5) is 11.6. The summed E-state index contributed by atoms with van der Waals surface area (Å²) in [5.41, 5.74) is 0. The van der Waals surface area contributed by atoms with Gasteiger partial charge in [-0.15, -0.1) is 0 Å². The molecule has 1 aliphatic rings. The normalized spacial score (nSPS) is 19.8. The number of ketones is 1. The van der Waals surface area contributed by atoms with Crippen LogP contribution in [0, 0.1) is 5.92 Å². The molecule has 1 rings (SSSR count). The Bertz CT molecular complexity index is 366. The highest BCUT2D eigenvalue weighted by atomic mass is 32.2. The van der Waals surface area contributed by atoms with E-state index in [2.05, 4.69) is 0 Å². The third-order valence-electron chi connectivity index (χ3n) is 2.80. The molecule has 4 nitrogen and oxygen atoms in total. The van der Waals surface area contributed by atoms with Gasteiger partial charge in [-0.25, -0.2) is 8.42 Å². The molecule has 0 amide bonds. The van der Waals surface area contributed by atoms with Crippen molar-refractivity contribution >= 4 is 26.4 Å². The number of carbonyl (C=O) groups excluding carboxylic acids is 1. The summed E-state index contributed by atoms with van der Waals surface area (Å²) in [7, 11) is -4.40. The molecule has 16 heavy (non-hydrogen) atoms. The van der Waals surface area contributed by atoms with Crippen LogP contribution in [0.3, 0.4) is 0 Å². The molecular weight excluding hydrogens is 248 g/mol. The van der Waals surface area contributed by atoms with Crippen molar-refractivity contribution < 1.29 is 17.4 Å². The molecule has 0 saturated heterocycles. The Morgan fingerprint density at radius 2 is 1.88 bits per heavy atom. The smallest absolute Gasteiger partial charge is 0.148 e. The zero-order valence-electron chi connectivity index (χ0n) is 9.48. The third kappa shape index (κ3) is 5.21. The highest BCUT2D eigenvalue weighted by molar-refractivity contribution is 7.92. The van der Waals surface area contributed by atoms with Crippen molar-refractivity contribution in [2.24, 2.45) is 5.92 Å². The van der Waals surface area contributed by atoms with Crippen LogP contribution in [0.25, 0.3) is 0 Å². The molecule has 1 saturated carbocycles. The molecule has 1 fully saturated rings. The van der Waals surface area contributed by atoms with Crippen LogP contribution >= 0.6 is 0 Å². The zero-order chi connectivity index (χ0) is 12.2. The minimum absolute atomic E-state index is 0.0280. The highest BCUT2D eigenvalue weighted by Crippen LogP contribution is 2.25. The van der Waals surface area contributed by atoms with E-state index in [-0.39, 0.29) is 29.0 Å². The van der Waals surface area contributed by atoms with Gasteiger partial charge in [-0.1, -0.05) is 12.8 Å². The largest absolute Gasteiger partial charge is 0.298 e. The monoisotopic (exact) mass is 266 g/mol. The van der Waals surface area contributed by atoms with Gasteiger partial charge in [0, 0.05) is 28.7 Å². The summed E-state index contributed by atoms with van der Waals surface area (Å²) in [6, 6.07) is 0. The quantitative estimate of drug-likeness (QED) is 0.703. The van der Waals surface area contributed by atoms with E-state index in [1.807, 2.05) is 0 Å². The first-order valence-corrected chi connectivity index (χ1v) is 8.99. The molecule has 0 aliphatic heterocycles. The molecule has 1 aliphatic carbocycles. The third-order valence-corrected chi connectivity index (χ3v) is 5.27. The minimum atomic E-state index is -3.08. The van der Waals surface area contributed by atoms with E-state index >= 15 is 0 Å². The summed E-state index contributed by atoms with van der Waals surface area (Å²) in [5, 5.41) is 0. The molecule has 0 heterocycles. The van der Waals surface area contributed by atoms with E-state index in [1.54, 1.807) is 0 Å².